The molecule has 0 bridgehead atoms. The van der Waals surface area contributed by atoms with E-state index in [1.807, 2.05) is 42.2 Å². The average molecular weight is 323 g/mol. The van der Waals surface area contributed by atoms with Gasteiger partial charge in [-0.3, -0.25) is 14.8 Å². The van der Waals surface area contributed by atoms with Crippen LogP contribution >= 0.6 is 0 Å². The van der Waals surface area contributed by atoms with Gasteiger partial charge >= 0.3 is 0 Å². The van der Waals surface area contributed by atoms with Gasteiger partial charge in [0, 0.05) is 12.4 Å². The number of amides is 1. The Bertz CT molecular complexity index is 842. The van der Waals surface area contributed by atoms with Crippen molar-refractivity contribution in [3.05, 3.63) is 35.7 Å². The van der Waals surface area contributed by atoms with Gasteiger partial charge in [-0.1, -0.05) is 25.3 Å². The van der Waals surface area contributed by atoms with Crippen LogP contribution in [0.15, 0.2) is 35.1 Å². The number of aryl methyl sites for hydroxylation is 1. The van der Waals surface area contributed by atoms with Crippen LogP contribution in [0.5, 0.6) is 0 Å². The van der Waals surface area contributed by atoms with Crippen LogP contribution in [0.4, 0.5) is 0 Å². The van der Waals surface area contributed by atoms with Gasteiger partial charge < -0.3 is 5.32 Å². The van der Waals surface area contributed by atoms with Crippen LogP contribution in [0.25, 0.3) is 17.0 Å². The summed E-state index contributed by atoms with van der Waals surface area (Å²) < 4.78 is 1.84. The first kappa shape index (κ1) is 14.9. The van der Waals surface area contributed by atoms with Gasteiger partial charge in [0.1, 0.15) is 5.70 Å². The molecule has 124 valence electrons. The highest BCUT2D eigenvalue weighted by atomic mass is 16.2. The molecule has 1 saturated heterocycles. The number of rotatable bonds is 2. The SMILES string of the molecule is Cn1ncc2cc(/C=C3\NC(=NC4CCCCC4)NC3=O)ccc21. The number of guanidine groups is 1. The number of benzene rings is 1. The number of nitrogens with zero attached hydrogens (tertiary/aromatic N) is 3. The highest BCUT2D eigenvalue weighted by Crippen LogP contribution is 2.21. The van der Waals surface area contributed by atoms with Crippen LogP contribution in [-0.4, -0.2) is 27.7 Å². The standard InChI is InChI=1S/C18H21N5O/c1-23-16-8-7-12(9-13(16)11-19-23)10-15-17(24)22-18(21-15)20-14-5-3-2-4-6-14/h7-11,14H,2-6H2,1H3,(H2,20,21,22,24)/b15-10-. The van der Waals surface area contributed by atoms with E-state index in [1.54, 1.807) is 0 Å². The minimum Gasteiger partial charge on any atom is -0.321 e. The fourth-order valence-electron chi connectivity index (χ4n) is 3.39. The molecule has 1 aliphatic heterocycles. The Morgan fingerprint density at radius 3 is 2.92 bits per heavy atom. The molecule has 2 fully saturated rings. The molecule has 0 atom stereocenters. The maximum Gasteiger partial charge on any atom is 0.274 e. The molecular weight excluding hydrogens is 302 g/mol. The van der Waals surface area contributed by atoms with E-state index in [9.17, 15) is 4.79 Å². The summed E-state index contributed by atoms with van der Waals surface area (Å²) in [5.41, 5.74) is 2.57. The fraction of sp³-hybridized carbons (Fsp3) is 0.389. The first-order chi connectivity index (χ1) is 11.7. The lowest BCUT2D eigenvalue weighted by molar-refractivity contribution is -0.115. The smallest absolute Gasteiger partial charge is 0.274 e. The lowest BCUT2D eigenvalue weighted by atomic mass is 9.96. The summed E-state index contributed by atoms with van der Waals surface area (Å²) in [5, 5.41) is 11.2. The first-order valence-corrected chi connectivity index (χ1v) is 8.49. The lowest BCUT2D eigenvalue weighted by Crippen LogP contribution is -2.28. The van der Waals surface area contributed by atoms with Gasteiger partial charge in [0.15, 0.2) is 0 Å². The largest absolute Gasteiger partial charge is 0.321 e. The van der Waals surface area contributed by atoms with Crippen molar-refractivity contribution in [2.75, 3.05) is 0 Å². The van der Waals surface area contributed by atoms with Crippen molar-refractivity contribution in [3.63, 3.8) is 0 Å². The molecule has 0 spiro atoms. The Balaban J connectivity index is 1.55. The Morgan fingerprint density at radius 2 is 2.08 bits per heavy atom. The number of hydrogen-bond acceptors (Lipinski definition) is 3. The van der Waals surface area contributed by atoms with Gasteiger partial charge in [-0.15, -0.1) is 0 Å². The van der Waals surface area contributed by atoms with E-state index >= 15 is 0 Å². The van der Waals surface area contributed by atoms with E-state index in [1.165, 1.54) is 19.3 Å². The monoisotopic (exact) mass is 323 g/mol. The highest BCUT2D eigenvalue weighted by molar-refractivity contribution is 6.15. The van der Waals surface area contributed by atoms with E-state index in [4.69, 9.17) is 0 Å². The van der Waals surface area contributed by atoms with Crippen molar-refractivity contribution in [3.8, 4) is 0 Å². The van der Waals surface area contributed by atoms with Crippen LogP contribution in [0.3, 0.4) is 0 Å². The number of fused-ring (bicyclic) bond motifs is 1. The predicted molar refractivity (Wildman–Crippen MR) is 94.3 cm³/mol. The number of hydrogen-bond donors (Lipinski definition) is 2. The van der Waals surface area contributed by atoms with E-state index in [-0.39, 0.29) is 5.91 Å². The molecule has 2 aliphatic rings. The molecule has 2 heterocycles. The summed E-state index contributed by atoms with van der Waals surface area (Å²) >= 11 is 0. The quantitative estimate of drug-likeness (QED) is 0.833. The maximum absolute atomic E-state index is 12.2. The Labute approximate surface area is 140 Å². The van der Waals surface area contributed by atoms with Gasteiger partial charge in [0.2, 0.25) is 5.96 Å². The van der Waals surface area contributed by atoms with E-state index in [0.29, 0.717) is 17.7 Å². The van der Waals surface area contributed by atoms with Gasteiger partial charge in [0.25, 0.3) is 5.91 Å². The summed E-state index contributed by atoms with van der Waals surface area (Å²) in [6, 6.07) is 6.36. The number of carbonyl (C=O) groups excluding carboxylic acids is 1. The van der Waals surface area contributed by atoms with Gasteiger partial charge in [-0.25, -0.2) is 4.99 Å². The van der Waals surface area contributed by atoms with Crippen LogP contribution in [0, 0.1) is 0 Å². The molecule has 1 amide bonds. The Hall–Kier alpha value is -2.63. The second kappa shape index (κ2) is 6.11. The van der Waals surface area contributed by atoms with Crippen LogP contribution in [-0.2, 0) is 11.8 Å². The van der Waals surface area contributed by atoms with Gasteiger partial charge in [-0.05, 0) is 36.6 Å². The normalized spacial score (nSPS) is 22.3. The fourth-order valence-corrected chi connectivity index (χ4v) is 3.39. The molecule has 2 aromatic rings. The van der Waals surface area contributed by atoms with Crippen molar-refractivity contribution in [2.24, 2.45) is 12.0 Å². The molecule has 4 rings (SSSR count). The Kier molecular flexibility index (Phi) is 3.80. The molecular formula is C18H21N5O. The maximum atomic E-state index is 12.2. The second-order valence-electron chi connectivity index (χ2n) is 6.49. The molecule has 24 heavy (non-hydrogen) atoms. The van der Waals surface area contributed by atoms with Crippen molar-refractivity contribution in [1.29, 1.82) is 0 Å². The lowest BCUT2D eigenvalue weighted by Gasteiger charge is -2.17. The zero-order chi connectivity index (χ0) is 16.5. The van der Waals surface area contributed by atoms with Crippen LogP contribution in [0.2, 0.25) is 0 Å². The third kappa shape index (κ3) is 2.91. The zero-order valence-corrected chi connectivity index (χ0v) is 13.7. The molecule has 6 nitrogen and oxygen atoms in total. The van der Waals surface area contributed by atoms with E-state index < -0.39 is 0 Å². The average Bonchev–Trinajstić information content (AvgIpc) is 3.11. The first-order valence-electron chi connectivity index (χ1n) is 8.49. The van der Waals surface area contributed by atoms with Crippen molar-refractivity contribution < 1.29 is 4.79 Å². The minimum atomic E-state index is -0.129. The summed E-state index contributed by atoms with van der Waals surface area (Å²) in [4.78, 5) is 16.8. The number of carbonyl (C=O) groups is 1. The number of aromatic nitrogens is 2. The summed E-state index contributed by atoms with van der Waals surface area (Å²) in [6.45, 7) is 0. The van der Waals surface area contributed by atoms with E-state index in [0.717, 1.165) is 29.3 Å². The van der Waals surface area contributed by atoms with E-state index in [2.05, 4.69) is 20.7 Å². The molecule has 0 unspecified atom stereocenters. The summed E-state index contributed by atoms with van der Waals surface area (Å²) in [5.74, 6) is 0.455. The molecule has 6 heteroatoms. The molecule has 1 saturated carbocycles. The minimum absolute atomic E-state index is 0.129. The predicted octanol–water partition coefficient (Wildman–Crippen LogP) is 2.32. The second-order valence-corrected chi connectivity index (χ2v) is 6.49. The Morgan fingerprint density at radius 1 is 1.25 bits per heavy atom. The van der Waals surface area contributed by atoms with Gasteiger partial charge in [0.05, 0.1) is 17.8 Å². The summed E-state index contributed by atoms with van der Waals surface area (Å²) in [6.07, 6.45) is 9.64. The van der Waals surface area contributed by atoms with Crippen LogP contribution < -0.4 is 10.6 Å². The zero-order valence-electron chi connectivity index (χ0n) is 13.7. The third-order valence-corrected chi connectivity index (χ3v) is 4.70. The topological polar surface area (TPSA) is 71.3 Å². The van der Waals surface area contributed by atoms with Gasteiger partial charge in [-0.2, -0.15) is 5.10 Å². The summed E-state index contributed by atoms with van der Waals surface area (Å²) in [7, 11) is 1.92. The van der Waals surface area contributed by atoms with Crippen LogP contribution in [0.1, 0.15) is 37.7 Å². The molecule has 0 radical (unpaired) electrons. The molecule has 2 N–H and O–H groups in total. The third-order valence-electron chi connectivity index (χ3n) is 4.70. The van der Waals surface area contributed by atoms with Crippen molar-refractivity contribution in [1.82, 2.24) is 20.4 Å². The number of nitrogens with one attached hydrogen (secondary N) is 2. The molecule has 1 aromatic heterocycles. The highest BCUT2D eigenvalue weighted by Gasteiger charge is 2.23. The number of aliphatic imine (C=N–C) groups is 1. The van der Waals surface area contributed by atoms with Crippen molar-refractivity contribution >= 4 is 28.8 Å². The molecule has 1 aliphatic carbocycles. The van der Waals surface area contributed by atoms with Crippen molar-refractivity contribution in [2.45, 2.75) is 38.1 Å². The molecule has 1 aromatic carbocycles.